The molecule has 1 amide bonds. The molecular weight excluding hydrogens is 670 g/mol. The van der Waals surface area contributed by atoms with Crippen LogP contribution in [0.25, 0.3) is 0 Å². The second-order valence-electron chi connectivity index (χ2n) is 16.2. The number of carbonyl (C=O) groups is 4. The Morgan fingerprint density at radius 2 is 1.73 bits per heavy atom. The van der Waals surface area contributed by atoms with Crippen molar-refractivity contribution in [3.8, 4) is 12.3 Å². The summed E-state index contributed by atoms with van der Waals surface area (Å²) in [5.41, 5.74) is -5.30. The predicted octanol–water partition coefficient (Wildman–Crippen LogP) is 3.90. The molecule has 2 bridgehead atoms. The Morgan fingerprint density at radius 1 is 1.12 bits per heavy atom. The molecule has 0 unspecified atom stereocenters. The number of amides is 1. The normalized spacial score (nSPS) is 39.9. The number of aldehydes is 1. The first-order chi connectivity index (χ1) is 24.2. The standard InChI is InChI=1S/C38H49NO10.C2H4O/c1-10-16-46-33(43)39-27(23-14-12-11-13-15-23)28(49-35(39,7)8)32(42)48-24-18-38(45)31(41)29-36(9,20(2)17-25-37(29,44)19-47-25)30(40)22(4)26(21(24)3)34(38,5)6;1-2-3/h1,11-15,20,22,24-25,27-29,31,41,44-45H,16-19H2,2-9H3;2H,1H3/t20-,22+,24-,25+,27-,28+,29-,31-,36+,37-,38+;/m0./s1. The van der Waals surface area contributed by atoms with Crippen molar-refractivity contribution >= 4 is 24.1 Å². The summed E-state index contributed by atoms with van der Waals surface area (Å²) in [7, 11) is 0. The average molecular weight is 724 g/mol. The van der Waals surface area contributed by atoms with E-state index in [0.717, 1.165) is 6.29 Å². The maximum atomic E-state index is 14.7. The number of ether oxygens (including phenoxy) is 4. The van der Waals surface area contributed by atoms with Gasteiger partial charge in [0.25, 0.3) is 0 Å². The number of Topliss-reactive ketones (excluding diaryl/α,β-unsaturated/α-hetero) is 1. The van der Waals surface area contributed by atoms with Gasteiger partial charge in [0.15, 0.2) is 12.7 Å². The van der Waals surface area contributed by atoms with Gasteiger partial charge in [-0.25, -0.2) is 9.59 Å². The molecule has 4 fully saturated rings. The molecule has 52 heavy (non-hydrogen) atoms. The minimum Gasteiger partial charge on any atom is -0.456 e. The molecule has 11 atom stereocenters. The summed E-state index contributed by atoms with van der Waals surface area (Å²) in [6.07, 6.45) is 1.05. The number of nitrogens with zero attached hydrogens (tertiary/aromatic N) is 1. The first kappa shape index (κ1) is 39.6. The van der Waals surface area contributed by atoms with Gasteiger partial charge in [-0.15, -0.1) is 6.42 Å². The summed E-state index contributed by atoms with van der Waals surface area (Å²) in [6.45, 7) is 15.3. The fourth-order valence-electron chi connectivity index (χ4n) is 10.1. The Kier molecular flexibility index (Phi) is 10.4. The third-order valence-corrected chi connectivity index (χ3v) is 12.8. The van der Waals surface area contributed by atoms with Crippen molar-refractivity contribution in [2.24, 2.45) is 28.6 Å². The molecule has 0 spiro atoms. The van der Waals surface area contributed by atoms with Crippen molar-refractivity contribution in [2.45, 2.75) is 123 Å². The van der Waals surface area contributed by atoms with Gasteiger partial charge in [-0.2, -0.15) is 0 Å². The highest BCUT2D eigenvalue weighted by Crippen LogP contribution is 2.64. The summed E-state index contributed by atoms with van der Waals surface area (Å²) in [4.78, 5) is 52.4. The zero-order chi connectivity index (χ0) is 38.8. The number of aliphatic hydroxyl groups is 3. The van der Waals surface area contributed by atoms with Crippen molar-refractivity contribution in [3.05, 3.63) is 47.0 Å². The lowest BCUT2D eigenvalue weighted by molar-refractivity contribution is -0.338. The predicted molar refractivity (Wildman–Crippen MR) is 188 cm³/mol. The highest BCUT2D eigenvalue weighted by atomic mass is 16.6. The SMILES string of the molecule is C#CCOC(=O)N1[C@@H](c2ccccc2)[C@H](C(=O)O[C@H]2C[C@@]3(O)[C@@H](O)[C@@H]4[C@]5(O)CO[C@@H]5C[C@H](C)[C@@]4(C)C(=O)[C@H](C)C(=C2C)C3(C)C)OC1(C)C.CC=O. The Hall–Kier alpha value is -3.60. The number of aliphatic hydroxyl groups excluding tert-OH is 1. The Labute approximate surface area is 305 Å². The van der Waals surface area contributed by atoms with Crippen molar-refractivity contribution in [1.82, 2.24) is 4.90 Å². The molecule has 3 N–H and O–H groups in total. The first-order valence-electron chi connectivity index (χ1n) is 17.9. The van der Waals surface area contributed by atoms with Crippen molar-refractivity contribution in [1.29, 1.82) is 0 Å². The van der Waals surface area contributed by atoms with E-state index in [-0.39, 0.29) is 31.3 Å². The van der Waals surface area contributed by atoms with Gasteiger partial charge in [-0.05, 0) is 56.7 Å². The summed E-state index contributed by atoms with van der Waals surface area (Å²) < 4.78 is 23.5. The van der Waals surface area contributed by atoms with E-state index in [1.807, 2.05) is 13.0 Å². The van der Waals surface area contributed by atoms with Crippen LogP contribution in [0.5, 0.6) is 0 Å². The highest BCUT2D eigenvalue weighted by Gasteiger charge is 2.74. The van der Waals surface area contributed by atoms with Crippen molar-refractivity contribution in [3.63, 3.8) is 0 Å². The maximum Gasteiger partial charge on any atom is 0.413 e. The maximum absolute atomic E-state index is 14.7. The second kappa shape index (κ2) is 13.7. The molecule has 0 aromatic heterocycles. The van der Waals surface area contributed by atoms with Crippen LogP contribution < -0.4 is 0 Å². The molecular formula is C40H53NO11. The number of fused-ring (bicyclic) bond motifs is 5. The van der Waals surface area contributed by atoms with Gasteiger partial charge >= 0.3 is 12.1 Å². The summed E-state index contributed by atoms with van der Waals surface area (Å²) >= 11 is 0. The van der Waals surface area contributed by atoms with E-state index in [2.05, 4.69) is 5.92 Å². The minimum absolute atomic E-state index is 0.0596. The summed E-state index contributed by atoms with van der Waals surface area (Å²) in [6, 6.07) is 7.95. The van der Waals surface area contributed by atoms with Crippen LogP contribution in [0, 0.1) is 40.9 Å². The largest absolute Gasteiger partial charge is 0.456 e. The van der Waals surface area contributed by atoms with E-state index >= 15 is 0 Å². The molecule has 2 aliphatic heterocycles. The van der Waals surface area contributed by atoms with Crippen molar-refractivity contribution < 1.29 is 53.4 Å². The Bertz CT molecular complexity index is 1660. The molecule has 12 nitrogen and oxygen atoms in total. The van der Waals surface area contributed by atoms with E-state index in [4.69, 9.17) is 30.2 Å². The molecule has 1 aromatic rings. The summed E-state index contributed by atoms with van der Waals surface area (Å²) in [5.74, 6) is -0.684. The van der Waals surface area contributed by atoms with Crippen LogP contribution in [0.4, 0.5) is 4.79 Å². The van der Waals surface area contributed by atoms with Gasteiger partial charge in [0, 0.05) is 29.1 Å². The topological polar surface area (TPSA) is 169 Å². The quantitative estimate of drug-likeness (QED) is 0.178. The molecule has 0 radical (unpaired) electrons. The van der Waals surface area contributed by atoms with Crippen LogP contribution in [-0.4, -0.2) is 98.9 Å². The first-order valence-corrected chi connectivity index (χ1v) is 17.9. The number of esters is 1. The van der Waals surface area contributed by atoms with E-state index in [1.54, 1.807) is 72.7 Å². The monoisotopic (exact) mass is 723 g/mol. The van der Waals surface area contributed by atoms with Crippen LogP contribution in [0.3, 0.4) is 0 Å². The number of carbonyl (C=O) groups excluding carboxylic acids is 4. The number of rotatable bonds is 4. The van der Waals surface area contributed by atoms with Gasteiger partial charge in [-0.1, -0.05) is 70.9 Å². The van der Waals surface area contributed by atoms with Crippen molar-refractivity contribution in [2.75, 3.05) is 13.2 Å². The lowest BCUT2D eigenvalue weighted by Gasteiger charge is -2.67. The lowest BCUT2D eigenvalue weighted by atomic mass is 9.42. The summed E-state index contributed by atoms with van der Waals surface area (Å²) in [5, 5.41) is 37.2. The molecule has 3 aliphatic carbocycles. The second-order valence-corrected chi connectivity index (χ2v) is 16.2. The van der Waals surface area contributed by atoms with E-state index < -0.39 is 82.1 Å². The lowest BCUT2D eigenvalue weighted by Crippen LogP contribution is -2.79. The van der Waals surface area contributed by atoms with Gasteiger partial charge in [0.1, 0.15) is 41.1 Å². The van der Waals surface area contributed by atoms with E-state index in [9.17, 15) is 29.7 Å². The Balaban J connectivity index is 0.00000168. The van der Waals surface area contributed by atoms with Gasteiger partial charge in [0.2, 0.25) is 0 Å². The van der Waals surface area contributed by atoms with Crippen LogP contribution in [-0.2, 0) is 33.3 Å². The Morgan fingerprint density at radius 3 is 2.29 bits per heavy atom. The molecule has 5 aliphatic rings. The van der Waals surface area contributed by atoms with Crippen LogP contribution in [0.1, 0.15) is 86.8 Å². The number of terminal acetylenes is 1. The minimum atomic E-state index is -1.93. The molecule has 6 rings (SSSR count). The van der Waals surface area contributed by atoms with E-state index in [0.29, 0.717) is 23.1 Å². The third kappa shape index (κ3) is 5.71. The van der Waals surface area contributed by atoms with Gasteiger partial charge in [0.05, 0.1) is 18.8 Å². The van der Waals surface area contributed by atoms with Gasteiger partial charge in [-0.3, -0.25) is 9.69 Å². The highest BCUT2D eigenvalue weighted by molar-refractivity contribution is 5.91. The number of hydrogen-bond acceptors (Lipinski definition) is 11. The fourth-order valence-corrected chi connectivity index (χ4v) is 10.1. The fraction of sp³-hybridized carbons (Fsp3) is 0.650. The number of ketones is 1. The van der Waals surface area contributed by atoms with Crippen LogP contribution in [0.15, 0.2) is 41.5 Å². The van der Waals surface area contributed by atoms with Crippen LogP contribution >= 0.6 is 0 Å². The smallest absolute Gasteiger partial charge is 0.413 e. The zero-order valence-corrected chi connectivity index (χ0v) is 31.5. The van der Waals surface area contributed by atoms with Crippen LogP contribution in [0.2, 0.25) is 0 Å². The van der Waals surface area contributed by atoms with E-state index in [1.165, 1.54) is 11.8 Å². The molecule has 2 heterocycles. The van der Waals surface area contributed by atoms with Gasteiger partial charge < -0.3 is 39.1 Å². The zero-order valence-electron chi connectivity index (χ0n) is 31.5. The molecule has 2 saturated carbocycles. The molecule has 284 valence electrons. The third-order valence-electron chi connectivity index (χ3n) is 12.8. The number of benzene rings is 1. The molecule has 12 heteroatoms. The molecule has 2 saturated heterocycles. The average Bonchev–Trinajstić information content (AvgIpc) is 3.38. The molecule has 1 aromatic carbocycles. The number of hydrogen-bond donors (Lipinski definition) is 3.